The van der Waals surface area contributed by atoms with Crippen molar-refractivity contribution in [2.75, 3.05) is 18.4 Å². The molecule has 7 nitrogen and oxygen atoms in total. The summed E-state index contributed by atoms with van der Waals surface area (Å²) in [6, 6.07) is 3.66. The maximum absolute atomic E-state index is 11.5. The maximum atomic E-state index is 11.5. The van der Waals surface area contributed by atoms with E-state index in [0.717, 1.165) is 25.1 Å². The van der Waals surface area contributed by atoms with E-state index in [0.29, 0.717) is 18.4 Å². The average Bonchev–Trinajstić information content (AvgIpc) is 2.56. The van der Waals surface area contributed by atoms with Gasteiger partial charge in [0.15, 0.2) is 0 Å². The molecule has 0 bridgehead atoms. The normalized spacial score (nSPS) is 18.0. The van der Waals surface area contributed by atoms with Crippen LogP contribution >= 0.6 is 0 Å². The van der Waals surface area contributed by atoms with Crippen LogP contribution in [0.5, 0.6) is 0 Å². The fraction of sp³-hybridized carbons (Fsp3) is 0.400. The second kappa shape index (κ2) is 6.46. The highest BCUT2D eigenvalue weighted by Gasteiger charge is 2.24. The van der Waals surface area contributed by atoms with Crippen molar-refractivity contribution in [3.8, 4) is 0 Å². The highest BCUT2D eigenvalue weighted by molar-refractivity contribution is 5.73. The van der Waals surface area contributed by atoms with Crippen molar-refractivity contribution < 1.29 is 4.79 Å². The summed E-state index contributed by atoms with van der Waals surface area (Å²) in [5.41, 5.74) is 0.944. The van der Waals surface area contributed by atoms with Crippen LogP contribution in [0.4, 0.5) is 11.9 Å². The molecular formula is C15H18N6O. The molecule has 2 aromatic heterocycles. The Balaban J connectivity index is 1.75. The van der Waals surface area contributed by atoms with Crippen LogP contribution < -0.4 is 5.32 Å². The molecule has 0 saturated carbocycles. The van der Waals surface area contributed by atoms with Crippen LogP contribution in [0, 0.1) is 0 Å². The lowest BCUT2D eigenvalue weighted by Gasteiger charge is -2.31. The van der Waals surface area contributed by atoms with E-state index in [1.54, 1.807) is 31.6 Å². The minimum Gasteiger partial charge on any atom is -0.342 e. The molecule has 7 heteroatoms. The fourth-order valence-electron chi connectivity index (χ4n) is 2.63. The first-order chi connectivity index (χ1) is 10.7. The van der Waals surface area contributed by atoms with E-state index in [-0.39, 0.29) is 11.8 Å². The summed E-state index contributed by atoms with van der Waals surface area (Å²) in [5.74, 6) is 1.31. The van der Waals surface area contributed by atoms with Crippen molar-refractivity contribution in [1.29, 1.82) is 0 Å². The summed E-state index contributed by atoms with van der Waals surface area (Å²) in [5, 5.41) is 2.99. The topological polar surface area (TPSA) is 83.9 Å². The lowest BCUT2D eigenvalue weighted by molar-refractivity contribution is -0.130. The molecule has 3 rings (SSSR count). The number of anilines is 2. The van der Waals surface area contributed by atoms with Gasteiger partial charge in [-0.3, -0.25) is 10.1 Å². The first-order valence-corrected chi connectivity index (χ1v) is 7.35. The van der Waals surface area contributed by atoms with E-state index >= 15 is 0 Å². The molecule has 0 aliphatic carbocycles. The minimum atomic E-state index is 0.120. The molecule has 1 saturated heterocycles. The minimum absolute atomic E-state index is 0.120. The number of aromatic nitrogens is 4. The molecule has 0 spiro atoms. The third-order valence-corrected chi connectivity index (χ3v) is 3.75. The monoisotopic (exact) mass is 298 g/mol. The number of nitrogens with one attached hydrogen (secondary N) is 1. The number of hydrogen-bond acceptors (Lipinski definition) is 6. The van der Waals surface area contributed by atoms with Gasteiger partial charge in [0.1, 0.15) is 0 Å². The Bertz CT molecular complexity index is 647. The Morgan fingerprint density at radius 2 is 2.00 bits per heavy atom. The summed E-state index contributed by atoms with van der Waals surface area (Å²) in [6.07, 6.45) is 7.07. The third-order valence-electron chi connectivity index (χ3n) is 3.75. The van der Waals surface area contributed by atoms with Crippen LogP contribution in [-0.2, 0) is 4.79 Å². The van der Waals surface area contributed by atoms with Crippen LogP contribution in [-0.4, -0.2) is 43.8 Å². The van der Waals surface area contributed by atoms with Gasteiger partial charge in [-0.1, -0.05) is 0 Å². The van der Waals surface area contributed by atoms with E-state index in [4.69, 9.17) is 0 Å². The molecular weight excluding hydrogens is 280 g/mol. The summed E-state index contributed by atoms with van der Waals surface area (Å²) >= 11 is 0. The van der Waals surface area contributed by atoms with Crippen LogP contribution in [0.15, 0.2) is 30.7 Å². The van der Waals surface area contributed by atoms with Crippen LogP contribution in [0.25, 0.3) is 0 Å². The van der Waals surface area contributed by atoms with Gasteiger partial charge < -0.3 is 4.90 Å². The number of piperidine rings is 1. The number of carbonyl (C=O) groups excluding carboxylic acids is 1. The standard InChI is InChI=1S/C15H18N6O/c1-11(22)21-9-2-4-12(10-21)13-5-8-18-15(19-13)20-14-16-6-3-7-17-14/h3,5-8,12H,2,4,9-10H2,1H3,(H,16,17,18,19,20)/t12-/m0/s1. The van der Waals surface area contributed by atoms with Crippen LogP contribution in [0.1, 0.15) is 31.4 Å². The van der Waals surface area contributed by atoms with Gasteiger partial charge >= 0.3 is 0 Å². The predicted octanol–water partition coefficient (Wildman–Crippen LogP) is 1.74. The lowest BCUT2D eigenvalue weighted by Crippen LogP contribution is -2.37. The number of rotatable bonds is 3. The number of carbonyl (C=O) groups is 1. The van der Waals surface area contributed by atoms with Gasteiger partial charge in [0.25, 0.3) is 0 Å². The Morgan fingerprint density at radius 3 is 2.77 bits per heavy atom. The molecule has 1 aliphatic heterocycles. The number of amides is 1. The zero-order valence-corrected chi connectivity index (χ0v) is 12.4. The molecule has 22 heavy (non-hydrogen) atoms. The Kier molecular flexibility index (Phi) is 4.22. The van der Waals surface area contributed by atoms with E-state index in [9.17, 15) is 4.79 Å². The quantitative estimate of drug-likeness (QED) is 0.929. The molecule has 114 valence electrons. The highest BCUT2D eigenvalue weighted by Crippen LogP contribution is 2.26. The average molecular weight is 298 g/mol. The van der Waals surface area contributed by atoms with Gasteiger partial charge in [0.2, 0.25) is 17.8 Å². The van der Waals surface area contributed by atoms with Crippen molar-refractivity contribution in [3.63, 3.8) is 0 Å². The maximum Gasteiger partial charge on any atom is 0.229 e. The first kappa shape index (κ1) is 14.4. The van der Waals surface area contributed by atoms with Gasteiger partial charge in [0, 0.05) is 44.5 Å². The van der Waals surface area contributed by atoms with Gasteiger partial charge in [-0.15, -0.1) is 0 Å². The molecule has 1 fully saturated rings. The van der Waals surface area contributed by atoms with Crippen molar-refractivity contribution in [3.05, 3.63) is 36.4 Å². The Labute approximate surface area is 128 Å². The molecule has 0 radical (unpaired) electrons. The lowest BCUT2D eigenvalue weighted by atomic mass is 9.94. The summed E-state index contributed by atoms with van der Waals surface area (Å²) in [7, 11) is 0. The largest absolute Gasteiger partial charge is 0.342 e. The second-order valence-corrected chi connectivity index (χ2v) is 5.31. The molecule has 1 aliphatic rings. The third kappa shape index (κ3) is 3.36. The van der Waals surface area contributed by atoms with Gasteiger partial charge in [-0.05, 0) is 25.0 Å². The van der Waals surface area contributed by atoms with E-state index in [1.165, 1.54) is 0 Å². The van der Waals surface area contributed by atoms with E-state index in [1.807, 2.05) is 11.0 Å². The van der Waals surface area contributed by atoms with Gasteiger partial charge in [0.05, 0.1) is 5.69 Å². The van der Waals surface area contributed by atoms with Crippen LogP contribution in [0.2, 0.25) is 0 Å². The Morgan fingerprint density at radius 1 is 1.23 bits per heavy atom. The number of nitrogens with zero attached hydrogens (tertiary/aromatic N) is 5. The van der Waals surface area contributed by atoms with Crippen molar-refractivity contribution in [2.24, 2.45) is 0 Å². The summed E-state index contributed by atoms with van der Waals surface area (Å²) in [4.78, 5) is 30.4. The number of likely N-dealkylation sites (tertiary alicyclic amines) is 1. The summed E-state index contributed by atoms with van der Waals surface area (Å²) in [6.45, 7) is 3.16. The highest BCUT2D eigenvalue weighted by atomic mass is 16.2. The van der Waals surface area contributed by atoms with Crippen molar-refractivity contribution >= 4 is 17.8 Å². The smallest absolute Gasteiger partial charge is 0.229 e. The van der Waals surface area contributed by atoms with E-state index < -0.39 is 0 Å². The second-order valence-electron chi connectivity index (χ2n) is 5.31. The summed E-state index contributed by atoms with van der Waals surface area (Å²) < 4.78 is 0. The SMILES string of the molecule is CC(=O)N1CCC[C@H](c2ccnc(Nc3ncccn3)n2)C1. The predicted molar refractivity (Wildman–Crippen MR) is 81.6 cm³/mol. The molecule has 1 amide bonds. The number of hydrogen-bond donors (Lipinski definition) is 1. The molecule has 2 aromatic rings. The zero-order valence-electron chi connectivity index (χ0n) is 12.4. The first-order valence-electron chi connectivity index (χ1n) is 7.35. The Hall–Kier alpha value is -2.57. The van der Waals surface area contributed by atoms with Crippen LogP contribution in [0.3, 0.4) is 0 Å². The molecule has 0 aromatic carbocycles. The molecule has 3 heterocycles. The fourth-order valence-corrected chi connectivity index (χ4v) is 2.63. The van der Waals surface area contributed by atoms with Gasteiger partial charge in [-0.25, -0.2) is 19.9 Å². The van der Waals surface area contributed by atoms with Gasteiger partial charge in [-0.2, -0.15) is 0 Å². The van der Waals surface area contributed by atoms with E-state index in [2.05, 4.69) is 25.3 Å². The molecule has 1 N–H and O–H groups in total. The van der Waals surface area contributed by atoms with Crippen molar-refractivity contribution in [1.82, 2.24) is 24.8 Å². The molecule has 0 unspecified atom stereocenters. The zero-order chi connectivity index (χ0) is 15.4. The van der Waals surface area contributed by atoms with Crippen molar-refractivity contribution in [2.45, 2.75) is 25.7 Å². The molecule has 1 atom stereocenters.